The zero-order valence-corrected chi connectivity index (χ0v) is 7.24. The summed E-state index contributed by atoms with van der Waals surface area (Å²) in [6.45, 7) is 0.956. The normalized spacial score (nSPS) is 9.45. The van der Waals surface area contributed by atoms with Crippen molar-refractivity contribution in [2.24, 2.45) is 0 Å². The minimum atomic E-state index is 0.751. The smallest absolute Gasteiger partial charge is 0.124 e. The number of thiazole rings is 1. The van der Waals surface area contributed by atoms with Crippen LogP contribution >= 0.6 is 11.3 Å². The molecule has 2 nitrogen and oxygen atoms in total. The molecule has 1 aromatic heterocycles. The highest BCUT2D eigenvalue weighted by atomic mass is 32.1. The summed E-state index contributed by atoms with van der Waals surface area (Å²) in [5.74, 6) is 2.50. The molecule has 1 N–H and O–H groups in total. The number of nitrogens with one attached hydrogen (secondary N) is 1. The SMILES string of the molecule is C#Cc1csc(CCNC)n1. The molecule has 0 radical (unpaired) electrons. The predicted octanol–water partition coefficient (Wildman–Crippen LogP) is 0.886. The van der Waals surface area contributed by atoms with Gasteiger partial charge in [0, 0.05) is 18.3 Å². The number of aromatic nitrogens is 1. The van der Waals surface area contributed by atoms with Crippen LogP contribution in [0.2, 0.25) is 0 Å². The highest BCUT2D eigenvalue weighted by molar-refractivity contribution is 7.09. The number of terminal acetylenes is 1. The summed E-state index contributed by atoms with van der Waals surface area (Å²) in [5.41, 5.74) is 0.751. The molecule has 0 saturated heterocycles. The molecule has 1 rings (SSSR count). The summed E-state index contributed by atoms with van der Waals surface area (Å²) in [6, 6.07) is 0. The molecule has 58 valence electrons. The molecule has 0 spiro atoms. The zero-order valence-electron chi connectivity index (χ0n) is 6.42. The minimum absolute atomic E-state index is 0.751. The Balaban J connectivity index is 2.53. The van der Waals surface area contributed by atoms with Crippen molar-refractivity contribution < 1.29 is 0 Å². The molecule has 0 unspecified atom stereocenters. The van der Waals surface area contributed by atoms with Crippen LogP contribution < -0.4 is 5.32 Å². The monoisotopic (exact) mass is 166 g/mol. The first-order valence-electron chi connectivity index (χ1n) is 3.42. The fourth-order valence-electron chi connectivity index (χ4n) is 0.724. The predicted molar refractivity (Wildman–Crippen MR) is 47.7 cm³/mol. The van der Waals surface area contributed by atoms with Gasteiger partial charge < -0.3 is 5.32 Å². The quantitative estimate of drug-likeness (QED) is 0.674. The largest absolute Gasteiger partial charge is 0.319 e. The van der Waals surface area contributed by atoms with E-state index >= 15 is 0 Å². The number of nitrogens with zero attached hydrogens (tertiary/aromatic N) is 1. The molecule has 0 fully saturated rings. The second kappa shape index (κ2) is 4.12. The molecule has 0 aliphatic rings. The standard InChI is InChI=1S/C8H10N2S/c1-3-7-6-11-8(10-7)4-5-9-2/h1,6,9H,4-5H2,2H3. The zero-order chi connectivity index (χ0) is 8.10. The Morgan fingerprint density at radius 3 is 3.18 bits per heavy atom. The maximum Gasteiger partial charge on any atom is 0.124 e. The van der Waals surface area contributed by atoms with E-state index in [2.05, 4.69) is 16.2 Å². The Labute approximate surface area is 70.7 Å². The van der Waals surface area contributed by atoms with Crippen LogP contribution in [0, 0.1) is 12.3 Å². The van der Waals surface area contributed by atoms with Crippen molar-refractivity contribution in [3.63, 3.8) is 0 Å². The van der Waals surface area contributed by atoms with E-state index in [1.165, 1.54) is 0 Å². The van der Waals surface area contributed by atoms with E-state index in [1.807, 2.05) is 12.4 Å². The summed E-state index contributed by atoms with van der Waals surface area (Å²) >= 11 is 1.62. The van der Waals surface area contributed by atoms with E-state index in [1.54, 1.807) is 11.3 Å². The van der Waals surface area contributed by atoms with Gasteiger partial charge in [0.05, 0.1) is 5.01 Å². The lowest BCUT2D eigenvalue weighted by molar-refractivity contribution is 0.787. The van der Waals surface area contributed by atoms with Crippen LogP contribution in [0.4, 0.5) is 0 Å². The van der Waals surface area contributed by atoms with E-state index in [4.69, 9.17) is 6.42 Å². The van der Waals surface area contributed by atoms with Gasteiger partial charge >= 0.3 is 0 Å². The van der Waals surface area contributed by atoms with Gasteiger partial charge in [0.15, 0.2) is 0 Å². The Kier molecular flexibility index (Phi) is 3.09. The lowest BCUT2D eigenvalue weighted by atomic mass is 10.4. The van der Waals surface area contributed by atoms with Crippen LogP contribution in [0.3, 0.4) is 0 Å². The van der Waals surface area contributed by atoms with Crippen LogP contribution in [0.5, 0.6) is 0 Å². The molecule has 0 aromatic carbocycles. The second-order valence-corrected chi connectivity index (χ2v) is 3.07. The molecular formula is C8H10N2S. The van der Waals surface area contributed by atoms with Crippen molar-refractivity contribution in [2.75, 3.05) is 13.6 Å². The molecular weight excluding hydrogens is 156 g/mol. The maximum absolute atomic E-state index is 5.17. The highest BCUT2D eigenvalue weighted by Gasteiger charge is 1.97. The molecule has 0 aliphatic carbocycles. The van der Waals surface area contributed by atoms with Gasteiger partial charge in [0.2, 0.25) is 0 Å². The number of hydrogen-bond acceptors (Lipinski definition) is 3. The summed E-state index contributed by atoms with van der Waals surface area (Å²) in [4.78, 5) is 4.21. The molecule has 1 heterocycles. The molecule has 0 aliphatic heterocycles. The van der Waals surface area contributed by atoms with Crippen LogP contribution in [0.15, 0.2) is 5.38 Å². The van der Waals surface area contributed by atoms with Crippen molar-refractivity contribution in [1.82, 2.24) is 10.3 Å². The molecule has 1 aromatic rings. The van der Waals surface area contributed by atoms with Gasteiger partial charge in [-0.25, -0.2) is 4.98 Å². The van der Waals surface area contributed by atoms with Crippen LogP contribution in [-0.4, -0.2) is 18.6 Å². The fraction of sp³-hybridized carbons (Fsp3) is 0.375. The maximum atomic E-state index is 5.17. The fourth-order valence-corrected chi connectivity index (χ4v) is 1.46. The first kappa shape index (κ1) is 8.25. The molecule has 0 saturated carbocycles. The van der Waals surface area contributed by atoms with Crippen molar-refractivity contribution >= 4 is 11.3 Å². The highest BCUT2D eigenvalue weighted by Crippen LogP contribution is 2.08. The van der Waals surface area contributed by atoms with Crippen molar-refractivity contribution in [3.05, 3.63) is 16.1 Å². The first-order valence-corrected chi connectivity index (χ1v) is 4.30. The summed E-state index contributed by atoms with van der Waals surface area (Å²) in [6.07, 6.45) is 6.13. The van der Waals surface area contributed by atoms with Gasteiger partial charge in [0.1, 0.15) is 5.69 Å². The first-order chi connectivity index (χ1) is 5.36. The average Bonchev–Trinajstić information content (AvgIpc) is 2.48. The Bertz CT molecular complexity index is 259. The minimum Gasteiger partial charge on any atom is -0.319 e. The Morgan fingerprint density at radius 1 is 1.82 bits per heavy atom. The van der Waals surface area contributed by atoms with Gasteiger partial charge in [-0.1, -0.05) is 0 Å². The number of likely N-dealkylation sites (N-methyl/N-ethyl adjacent to an activating group) is 1. The van der Waals surface area contributed by atoms with Gasteiger partial charge in [-0.2, -0.15) is 0 Å². The molecule has 0 amide bonds. The van der Waals surface area contributed by atoms with Crippen molar-refractivity contribution in [1.29, 1.82) is 0 Å². The van der Waals surface area contributed by atoms with E-state index in [0.717, 1.165) is 23.7 Å². The third-order valence-corrected chi connectivity index (χ3v) is 2.20. The molecule has 0 atom stereocenters. The topological polar surface area (TPSA) is 24.9 Å². The van der Waals surface area contributed by atoms with E-state index in [0.29, 0.717) is 0 Å². The van der Waals surface area contributed by atoms with Gasteiger partial charge in [-0.3, -0.25) is 0 Å². The van der Waals surface area contributed by atoms with Crippen molar-refractivity contribution in [2.45, 2.75) is 6.42 Å². The summed E-state index contributed by atoms with van der Waals surface area (Å²) < 4.78 is 0. The van der Waals surface area contributed by atoms with Crippen molar-refractivity contribution in [3.8, 4) is 12.3 Å². The molecule has 3 heteroatoms. The van der Waals surface area contributed by atoms with E-state index in [9.17, 15) is 0 Å². The van der Waals surface area contributed by atoms with Crippen LogP contribution in [-0.2, 0) is 6.42 Å². The summed E-state index contributed by atoms with van der Waals surface area (Å²) in [7, 11) is 1.93. The lowest BCUT2D eigenvalue weighted by Gasteiger charge is -1.92. The third-order valence-electron chi connectivity index (χ3n) is 1.29. The molecule has 11 heavy (non-hydrogen) atoms. The Hall–Kier alpha value is -0.850. The van der Waals surface area contributed by atoms with Gasteiger partial charge in [-0.15, -0.1) is 17.8 Å². The van der Waals surface area contributed by atoms with Gasteiger partial charge in [0.25, 0.3) is 0 Å². The lowest BCUT2D eigenvalue weighted by Crippen LogP contribution is -2.09. The summed E-state index contributed by atoms with van der Waals surface area (Å²) in [5, 5.41) is 6.07. The van der Waals surface area contributed by atoms with Crippen LogP contribution in [0.25, 0.3) is 0 Å². The van der Waals surface area contributed by atoms with Crippen LogP contribution in [0.1, 0.15) is 10.7 Å². The van der Waals surface area contributed by atoms with E-state index in [-0.39, 0.29) is 0 Å². The second-order valence-electron chi connectivity index (χ2n) is 2.12. The number of rotatable bonds is 3. The Morgan fingerprint density at radius 2 is 2.64 bits per heavy atom. The molecule has 0 bridgehead atoms. The number of hydrogen-bond donors (Lipinski definition) is 1. The van der Waals surface area contributed by atoms with E-state index < -0.39 is 0 Å². The third kappa shape index (κ3) is 2.34. The average molecular weight is 166 g/mol. The van der Waals surface area contributed by atoms with Gasteiger partial charge in [-0.05, 0) is 13.0 Å².